The van der Waals surface area contributed by atoms with Crippen molar-refractivity contribution in [3.05, 3.63) is 71.9 Å². The lowest BCUT2D eigenvalue weighted by Gasteiger charge is -2.27. The van der Waals surface area contributed by atoms with Crippen LogP contribution < -0.4 is 0 Å². The van der Waals surface area contributed by atoms with Gasteiger partial charge in [0.15, 0.2) is 0 Å². The molecule has 0 unspecified atom stereocenters. The van der Waals surface area contributed by atoms with Crippen LogP contribution in [0.3, 0.4) is 0 Å². The number of nitrogens with zero attached hydrogens (tertiary/aromatic N) is 4. The summed E-state index contributed by atoms with van der Waals surface area (Å²) in [6.45, 7) is 0. The molecule has 0 amide bonds. The zero-order valence-corrected chi connectivity index (χ0v) is 12.7. The Morgan fingerprint density at radius 2 is 1.74 bits per heavy atom. The molecule has 5 heteroatoms. The number of hydrogen-bond donors (Lipinski definition) is 1. The summed E-state index contributed by atoms with van der Waals surface area (Å²) in [7, 11) is 2.00. The third-order valence-electron chi connectivity index (χ3n) is 4.15. The molecule has 0 radical (unpaired) electrons. The summed E-state index contributed by atoms with van der Waals surface area (Å²) in [5.74, 6) is 0. The average molecular weight is 304 g/mol. The van der Waals surface area contributed by atoms with E-state index in [9.17, 15) is 5.21 Å². The lowest BCUT2D eigenvalue weighted by atomic mass is 9.96. The molecule has 0 saturated carbocycles. The van der Waals surface area contributed by atoms with Gasteiger partial charge in [-0.05, 0) is 6.07 Å². The van der Waals surface area contributed by atoms with E-state index in [1.165, 1.54) is 6.34 Å². The molecule has 23 heavy (non-hydrogen) atoms. The van der Waals surface area contributed by atoms with Crippen LogP contribution in [0.4, 0.5) is 0 Å². The molecule has 1 atom stereocenters. The van der Waals surface area contributed by atoms with Crippen LogP contribution in [-0.4, -0.2) is 26.9 Å². The Bertz CT molecular complexity index is 911. The van der Waals surface area contributed by atoms with Gasteiger partial charge in [-0.1, -0.05) is 48.5 Å². The number of rotatable bonds is 2. The molecule has 114 valence electrons. The maximum Gasteiger partial charge on any atom is 0.139 e. The summed E-state index contributed by atoms with van der Waals surface area (Å²) in [5.41, 5.74) is 3.79. The molecule has 5 nitrogen and oxygen atoms in total. The molecule has 1 aliphatic rings. The minimum Gasteiger partial charge on any atom is -0.350 e. The number of hydrogen-bond acceptors (Lipinski definition) is 4. The van der Waals surface area contributed by atoms with Gasteiger partial charge in [-0.15, -0.1) is 5.10 Å². The standard InChI is InChI=1S/C18H16N4O/c1-21-11-15(14-9-5-6-10-16(14)21)18-17(20-19-12-22(18)23)13-7-3-2-4-8-13/h2-12,18,23H,1H3/t18-/m1/s1. The first-order valence-corrected chi connectivity index (χ1v) is 7.43. The molecule has 1 aromatic heterocycles. The fraction of sp³-hybridized carbons (Fsp3) is 0.111. The Morgan fingerprint density at radius 3 is 2.57 bits per heavy atom. The van der Waals surface area contributed by atoms with Crippen LogP contribution in [0.25, 0.3) is 10.9 Å². The van der Waals surface area contributed by atoms with Crippen LogP contribution in [-0.2, 0) is 7.05 Å². The van der Waals surface area contributed by atoms with Gasteiger partial charge in [0.1, 0.15) is 12.4 Å². The normalized spacial score (nSPS) is 17.6. The first-order chi connectivity index (χ1) is 11.3. The van der Waals surface area contributed by atoms with E-state index in [4.69, 9.17) is 0 Å². The molecule has 0 saturated heterocycles. The third kappa shape index (κ3) is 2.22. The Balaban J connectivity index is 1.91. The van der Waals surface area contributed by atoms with Crippen LogP contribution in [0.5, 0.6) is 0 Å². The molecule has 0 aliphatic carbocycles. The molecule has 3 aromatic rings. The average Bonchev–Trinajstić information content (AvgIpc) is 2.92. The highest BCUT2D eigenvalue weighted by Crippen LogP contribution is 2.32. The Kier molecular flexibility index (Phi) is 3.20. The predicted octanol–water partition coefficient (Wildman–Crippen LogP) is 3.36. The molecular weight excluding hydrogens is 288 g/mol. The van der Waals surface area contributed by atoms with Crippen molar-refractivity contribution in [2.45, 2.75) is 6.04 Å². The molecule has 0 fully saturated rings. The molecule has 0 spiro atoms. The fourth-order valence-corrected chi connectivity index (χ4v) is 3.09. The SMILES string of the molecule is Cn1cc([C@@H]2C(c3ccccc3)=NN=CN2O)c2ccccc21. The van der Waals surface area contributed by atoms with Crippen molar-refractivity contribution in [1.29, 1.82) is 0 Å². The fourth-order valence-electron chi connectivity index (χ4n) is 3.09. The third-order valence-corrected chi connectivity index (χ3v) is 4.15. The minimum absolute atomic E-state index is 0.388. The van der Waals surface area contributed by atoms with E-state index in [-0.39, 0.29) is 6.04 Å². The van der Waals surface area contributed by atoms with Crippen LogP contribution in [0.15, 0.2) is 71.0 Å². The second-order valence-corrected chi connectivity index (χ2v) is 5.58. The maximum absolute atomic E-state index is 10.4. The summed E-state index contributed by atoms with van der Waals surface area (Å²) in [5, 5.41) is 20.8. The van der Waals surface area contributed by atoms with Gasteiger partial charge < -0.3 is 4.57 Å². The molecule has 4 rings (SSSR count). The number of hydroxylamine groups is 2. The van der Waals surface area contributed by atoms with Gasteiger partial charge in [0.05, 0.1) is 5.71 Å². The summed E-state index contributed by atoms with van der Waals surface area (Å²) < 4.78 is 2.06. The molecule has 0 bridgehead atoms. The molecule has 1 aliphatic heterocycles. The van der Waals surface area contributed by atoms with Crippen LogP contribution in [0, 0.1) is 0 Å². The van der Waals surface area contributed by atoms with Crippen LogP contribution in [0.1, 0.15) is 17.2 Å². The lowest BCUT2D eigenvalue weighted by Crippen LogP contribution is -2.33. The summed E-state index contributed by atoms with van der Waals surface area (Å²) in [6.07, 6.45) is 3.38. The lowest BCUT2D eigenvalue weighted by molar-refractivity contribution is -0.0287. The van der Waals surface area contributed by atoms with Gasteiger partial charge in [-0.25, -0.2) is 5.06 Å². The van der Waals surface area contributed by atoms with E-state index < -0.39 is 0 Å². The second kappa shape index (κ2) is 5.37. The van der Waals surface area contributed by atoms with E-state index in [1.54, 1.807) is 0 Å². The van der Waals surface area contributed by atoms with Crippen LogP contribution in [0.2, 0.25) is 0 Å². The van der Waals surface area contributed by atoms with E-state index in [0.717, 1.165) is 32.8 Å². The van der Waals surface area contributed by atoms with Gasteiger partial charge in [-0.2, -0.15) is 5.10 Å². The van der Waals surface area contributed by atoms with Gasteiger partial charge >= 0.3 is 0 Å². The Labute approximate surface area is 133 Å². The Hall–Kier alpha value is -2.92. The highest BCUT2D eigenvalue weighted by atomic mass is 16.5. The number of aryl methyl sites for hydroxylation is 1. The monoisotopic (exact) mass is 304 g/mol. The summed E-state index contributed by atoms with van der Waals surface area (Å²) in [6, 6.07) is 17.6. The minimum atomic E-state index is -0.388. The summed E-state index contributed by atoms with van der Waals surface area (Å²) in [4.78, 5) is 0. The zero-order chi connectivity index (χ0) is 15.8. The van der Waals surface area contributed by atoms with E-state index in [1.807, 2.05) is 55.7 Å². The zero-order valence-electron chi connectivity index (χ0n) is 12.7. The highest BCUT2D eigenvalue weighted by Gasteiger charge is 2.30. The maximum atomic E-state index is 10.4. The number of benzene rings is 2. The molecule has 2 aromatic carbocycles. The van der Waals surface area contributed by atoms with E-state index in [2.05, 4.69) is 26.9 Å². The quantitative estimate of drug-likeness (QED) is 0.789. The largest absolute Gasteiger partial charge is 0.350 e. The van der Waals surface area contributed by atoms with Crippen molar-refractivity contribution in [2.24, 2.45) is 17.3 Å². The van der Waals surface area contributed by atoms with Crippen molar-refractivity contribution < 1.29 is 5.21 Å². The number of aromatic nitrogens is 1. The predicted molar refractivity (Wildman–Crippen MR) is 90.8 cm³/mol. The topological polar surface area (TPSA) is 53.1 Å². The van der Waals surface area contributed by atoms with Gasteiger partial charge in [0.25, 0.3) is 0 Å². The molecule has 1 N–H and O–H groups in total. The van der Waals surface area contributed by atoms with Gasteiger partial charge in [0, 0.05) is 35.3 Å². The second-order valence-electron chi connectivity index (χ2n) is 5.58. The first kappa shape index (κ1) is 13.7. The van der Waals surface area contributed by atoms with Crippen LogP contribution >= 0.6 is 0 Å². The van der Waals surface area contributed by atoms with Crippen molar-refractivity contribution in [3.8, 4) is 0 Å². The van der Waals surface area contributed by atoms with Gasteiger partial charge in [-0.3, -0.25) is 5.21 Å². The van der Waals surface area contributed by atoms with Crippen molar-refractivity contribution in [1.82, 2.24) is 9.63 Å². The summed E-state index contributed by atoms with van der Waals surface area (Å²) >= 11 is 0. The first-order valence-electron chi connectivity index (χ1n) is 7.43. The van der Waals surface area contributed by atoms with E-state index >= 15 is 0 Å². The Morgan fingerprint density at radius 1 is 1.00 bits per heavy atom. The molecular formula is C18H16N4O. The highest BCUT2D eigenvalue weighted by molar-refractivity contribution is 6.08. The van der Waals surface area contributed by atoms with Crippen molar-refractivity contribution in [2.75, 3.05) is 0 Å². The number of fused-ring (bicyclic) bond motifs is 1. The smallest absolute Gasteiger partial charge is 0.139 e. The molecule has 2 heterocycles. The van der Waals surface area contributed by atoms with E-state index in [0.29, 0.717) is 0 Å². The number of para-hydroxylation sites is 1. The van der Waals surface area contributed by atoms with Crippen molar-refractivity contribution >= 4 is 23.0 Å². The van der Waals surface area contributed by atoms with Crippen molar-refractivity contribution in [3.63, 3.8) is 0 Å². The van der Waals surface area contributed by atoms with Gasteiger partial charge in [0.2, 0.25) is 0 Å².